The third-order valence-electron chi connectivity index (χ3n) is 2.23. The summed E-state index contributed by atoms with van der Waals surface area (Å²) < 4.78 is 0.199. The van der Waals surface area contributed by atoms with E-state index in [2.05, 4.69) is 21.6 Å². The SMILES string of the molecule is Cc1cccc(NC(=O)c2nnc(Cl)s2)c1C#N. The highest BCUT2D eigenvalue weighted by atomic mass is 35.5. The van der Waals surface area contributed by atoms with Gasteiger partial charge in [0.15, 0.2) is 0 Å². The number of nitriles is 1. The second-order valence-electron chi connectivity index (χ2n) is 3.42. The van der Waals surface area contributed by atoms with Crippen molar-refractivity contribution in [3.8, 4) is 6.07 Å². The summed E-state index contributed by atoms with van der Waals surface area (Å²) in [5.41, 5.74) is 1.68. The Labute approximate surface area is 112 Å². The average Bonchev–Trinajstić information content (AvgIpc) is 2.76. The lowest BCUT2D eigenvalue weighted by molar-refractivity contribution is 0.102. The molecule has 0 saturated heterocycles. The molecule has 1 aromatic carbocycles. The lowest BCUT2D eigenvalue weighted by atomic mass is 10.1. The Bertz CT molecular complexity index is 647. The predicted octanol–water partition coefficient (Wildman–Crippen LogP) is 2.62. The molecule has 0 radical (unpaired) electrons. The molecule has 0 atom stereocenters. The number of nitrogens with zero attached hydrogens (tertiary/aromatic N) is 3. The van der Waals surface area contributed by atoms with Crippen LogP contribution in [0.4, 0.5) is 5.69 Å². The van der Waals surface area contributed by atoms with Crippen LogP contribution in [0, 0.1) is 18.3 Å². The van der Waals surface area contributed by atoms with Gasteiger partial charge in [-0.3, -0.25) is 4.79 Å². The van der Waals surface area contributed by atoms with Gasteiger partial charge in [-0.15, -0.1) is 10.2 Å². The van der Waals surface area contributed by atoms with E-state index < -0.39 is 5.91 Å². The number of hydrogen-bond donors (Lipinski definition) is 1. The summed E-state index contributed by atoms with van der Waals surface area (Å²) in [6.07, 6.45) is 0. The quantitative estimate of drug-likeness (QED) is 0.916. The van der Waals surface area contributed by atoms with Gasteiger partial charge < -0.3 is 5.32 Å². The summed E-state index contributed by atoms with van der Waals surface area (Å²) in [5, 5.41) is 19.0. The Morgan fingerprint density at radius 3 is 2.89 bits per heavy atom. The summed E-state index contributed by atoms with van der Waals surface area (Å²) in [4.78, 5) is 11.8. The topological polar surface area (TPSA) is 78.7 Å². The lowest BCUT2D eigenvalue weighted by Crippen LogP contribution is -2.13. The highest BCUT2D eigenvalue weighted by Crippen LogP contribution is 2.21. The number of aromatic nitrogens is 2. The number of hydrogen-bond acceptors (Lipinski definition) is 5. The summed E-state index contributed by atoms with van der Waals surface area (Å²) in [5.74, 6) is -0.429. The van der Waals surface area contributed by atoms with Crippen LogP contribution in [0.15, 0.2) is 18.2 Å². The lowest BCUT2D eigenvalue weighted by Gasteiger charge is -2.06. The third kappa shape index (κ3) is 2.47. The smallest absolute Gasteiger partial charge is 0.286 e. The van der Waals surface area contributed by atoms with Crippen molar-refractivity contribution < 1.29 is 4.79 Å². The van der Waals surface area contributed by atoms with Crippen LogP contribution in [0.25, 0.3) is 0 Å². The Balaban J connectivity index is 2.28. The van der Waals surface area contributed by atoms with Crippen molar-refractivity contribution >= 4 is 34.5 Å². The Kier molecular flexibility index (Phi) is 3.55. The molecule has 1 aromatic heterocycles. The van der Waals surface area contributed by atoms with Gasteiger partial charge in [0, 0.05) is 0 Å². The van der Waals surface area contributed by atoms with Crippen LogP contribution in [0.2, 0.25) is 4.47 Å². The minimum absolute atomic E-state index is 0.158. The van der Waals surface area contributed by atoms with E-state index in [4.69, 9.17) is 16.9 Å². The molecule has 0 saturated carbocycles. The van der Waals surface area contributed by atoms with Crippen LogP contribution >= 0.6 is 22.9 Å². The first-order chi connectivity index (χ1) is 8.61. The van der Waals surface area contributed by atoms with E-state index in [0.717, 1.165) is 16.9 Å². The Morgan fingerprint density at radius 1 is 1.50 bits per heavy atom. The average molecular weight is 279 g/mol. The van der Waals surface area contributed by atoms with Crippen LogP contribution < -0.4 is 5.32 Å². The first kappa shape index (κ1) is 12.5. The second-order valence-corrected chi connectivity index (χ2v) is 4.98. The zero-order valence-electron chi connectivity index (χ0n) is 9.27. The highest BCUT2D eigenvalue weighted by molar-refractivity contribution is 7.17. The van der Waals surface area contributed by atoms with Crippen molar-refractivity contribution in [1.29, 1.82) is 5.26 Å². The van der Waals surface area contributed by atoms with Crippen molar-refractivity contribution in [3.63, 3.8) is 0 Å². The maximum Gasteiger partial charge on any atom is 0.286 e. The van der Waals surface area contributed by atoms with Gasteiger partial charge in [0.1, 0.15) is 6.07 Å². The van der Waals surface area contributed by atoms with Crippen molar-refractivity contribution in [2.75, 3.05) is 5.32 Å². The van der Waals surface area contributed by atoms with Gasteiger partial charge in [-0.25, -0.2) is 0 Å². The van der Waals surface area contributed by atoms with E-state index in [0.29, 0.717) is 11.3 Å². The Hall–Kier alpha value is -1.97. The van der Waals surface area contributed by atoms with Crippen LogP contribution in [0.5, 0.6) is 0 Å². The van der Waals surface area contributed by atoms with Crippen LogP contribution in [0.1, 0.15) is 20.9 Å². The molecule has 5 nitrogen and oxygen atoms in total. The minimum Gasteiger partial charge on any atom is -0.319 e. The number of anilines is 1. The van der Waals surface area contributed by atoms with Crippen molar-refractivity contribution in [3.05, 3.63) is 38.8 Å². The number of halogens is 1. The second kappa shape index (κ2) is 5.12. The predicted molar refractivity (Wildman–Crippen MR) is 68.8 cm³/mol. The van der Waals surface area contributed by atoms with Crippen molar-refractivity contribution in [2.45, 2.75) is 6.92 Å². The highest BCUT2D eigenvalue weighted by Gasteiger charge is 2.14. The first-order valence-electron chi connectivity index (χ1n) is 4.92. The molecule has 90 valence electrons. The maximum absolute atomic E-state index is 11.8. The number of aryl methyl sites for hydroxylation is 1. The number of rotatable bonds is 2. The van der Waals surface area contributed by atoms with E-state index in [9.17, 15) is 4.79 Å². The molecule has 1 N–H and O–H groups in total. The zero-order valence-corrected chi connectivity index (χ0v) is 10.8. The van der Waals surface area contributed by atoms with Crippen LogP contribution in [-0.4, -0.2) is 16.1 Å². The van der Waals surface area contributed by atoms with Gasteiger partial charge in [0.2, 0.25) is 9.47 Å². The molecule has 0 bridgehead atoms. The fourth-order valence-electron chi connectivity index (χ4n) is 1.39. The largest absolute Gasteiger partial charge is 0.319 e. The van der Waals surface area contributed by atoms with Gasteiger partial charge in [-0.05, 0) is 30.2 Å². The molecular formula is C11H7ClN4OS. The van der Waals surface area contributed by atoms with Gasteiger partial charge in [0.05, 0.1) is 11.3 Å². The molecule has 18 heavy (non-hydrogen) atoms. The van der Waals surface area contributed by atoms with Crippen molar-refractivity contribution in [2.24, 2.45) is 0 Å². The molecule has 7 heteroatoms. The van der Waals surface area contributed by atoms with Crippen LogP contribution in [-0.2, 0) is 0 Å². The molecule has 0 fully saturated rings. The van der Waals surface area contributed by atoms with Gasteiger partial charge >= 0.3 is 0 Å². The monoisotopic (exact) mass is 278 g/mol. The number of amides is 1. The normalized spacial score (nSPS) is 9.83. The molecule has 1 heterocycles. The number of nitrogens with one attached hydrogen (secondary N) is 1. The fourth-order valence-corrected chi connectivity index (χ4v) is 2.12. The maximum atomic E-state index is 11.8. The van der Waals surface area contributed by atoms with Crippen LogP contribution in [0.3, 0.4) is 0 Å². The van der Waals surface area contributed by atoms with E-state index in [-0.39, 0.29) is 9.47 Å². The summed E-state index contributed by atoms with van der Waals surface area (Å²) in [6, 6.07) is 7.28. The number of carbonyl (C=O) groups excluding carboxylic acids is 1. The number of benzene rings is 1. The standard InChI is InChI=1S/C11H7ClN4OS/c1-6-3-2-4-8(7(6)5-13)14-9(17)10-15-16-11(12)18-10/h2-4H,1H3,(H,14,17). The van der Waals surface area contributed by atoms with E-state index >= 15 is 0 Å². The molecule has 0 unspecified atom stereocenters. The summed E-state index contributed by atoms with van der Waals surface area (Å²) in [6.45, 7) is 1.80. The molecule has 0 aliphatic rings. The fraction of sp³-hybridized carbons (Fsp3) is 0.0909. The summed E-state index contributed by atoms with van der Waals surface area (Å²) >= 11 is 6.58. The van der Waals surface area contributed by atoms with E-state index in [1.807, 2.05) is 0 Å². The molecule has 2 rings (SSSR count). The van der Waals surface area contributed by atoms with Gasteiger partial charge in [0.25, 0.3) is 5.91 Å². The first-order valence-corrected chi connectivity index (χ1v) is 6.11. The molecule has 0 spiro atoms. The van der Waals surface area contributed by atoms with E-state index in [1.165, 1.54) is 0 Å². The molecular weight excluding hydrogens is 272 g/mol. The van der Waals surface area contributed by atoms with Crippen molar-refractivity contribution in [1.82, 2.24) is 10.2 Å². The number of carbonyl (C=O) groups is 1. The van der Waals surface area contributed by atoms with Gasteiger partial charge in [-0.1, -0.05) is 23.5 Å². The summed E-state index contributed by atoms with van der Waals surface area (Å²) in [7, 11) is 0. The molecule has 0 aliphatic heterocycles. The zero-order chi connectivity index (χ0) is 13.1. The van der Waals surface area contributed by atoms with Gasteiger partial charge in [-0.2, -0.15) is 5.26 Å². The van der Waals surface area contributed by atoms with E-state index in [1.54, 1.807) is 25.1 Å². The molecule has 2 aromatic rings. The minimum atomic E-state index is -0.429. The molecule has 1 amide bonds. The molecule has 0 aliphatic carbocycles. The Morgan fingerprint density at radius 2 is 2.28 bits per heavy atom. The third-order valence-corrected chi connectivity index (χ3v) is 3.24.